The average Bonchev–Trinajstić information content (AvgIpc) is 2.49. The Morgan fingerprint density at radius 3 is 2.62 bits per heavy atom. The number of carbonyl (C=O) groups excluding carboxylic acids is 1. The molecule has 0 saturated carbocycles. The number of hydrogen-bond donors (Lipinski definition) is 0. The van der Waals surface area contributed by atoms with Crippen molar-refractivity contribution in [1.82, 2.24) is 0 Å². The van der Waals surface area contributed by atoms with Crippen LogP contribution in [-0.2, 0) is 9.53 Å². The minimum atomic E-state index is -0.494. The molecule has 0 aromatic heterocycles. The molecule has 0 spiro atoms. The molecule has 0 saturated heterocycles. The van der Waals surface area contributed by atoms with Crippen molar-refractivity contribution in [1.29, 1.82) is 0 Å². The highest BCUT2D eigenvalue weighted by Crippen LogP contribution is 2.31. The van der Waals surface area contributed by atoms with Crippen LogP contribution >= 0.6 is 0 Å². The van der Waals surface area contributed by atoms with Gasteiger partial charge in [0.15, 0.2) is 0 Å². The standard InChI is InChI=1S/C14H19NO6/c1-19-11-7-8-12(15(17)18)13(10-11)21-9-5-3-4-6-14(16)20-2/h7-8,10H,3-6,9H2,1-2H3. The van der Waals surface area contributed by atoms with Crippen molar-refractivity contribution in [2.24, 2.45) is 0 Å². The quantitative estimate of drug-likeness (QED) is 0.301. The molecule has 7 heteroatoms. The van der Waals surface area contributed by atoms with Gasteiger partial charge in [-0.3, -0.25) is 14.9 Å². The molecule has 1 aromatic rings. The summed E-state index contributed by atoms with van der Waals surface area (Å²) in [5.41, 5.74) is -0.0923. The lowest BCUT2D eigenvalue weighted by Gasteiger charge is -2.08. The Kier molecular flexibility index (Phi) is 7.00. The molecule has 0 bridgehead atoms. The minimum absolute atomic E-state index is 0.0923. The van der Waals surface area contributed by atoms with Crippen LogP contribution in [0, 0.1) is 10.1 Å². The summed E-state index contributed by atoms with van der Waals surface area (Å²) in [6.45, 7) is 0.342. The third kappa shape index (κ3) is 5.68. The highest BCUT2D eigenvalue weighted by molar-refractivity contribution is 5.68. The number of esters is 1. The van der Waals surface area contributed by atoms with Crippen molar-refractivity contribution in [2.45, 2.75) is 25.7 Å². The number of benzene rings is 1. The van der Waals surface area contributed by atoms with Gasteiger partial charge < -0.3 is 14.2 Å². The van der Waals surface area contributed by atoms with Crippen LogP contribution in [0.4, 0.5) is 5.69 Å². The largest absolute Gasteiger partial charge is 0.497 e. The van der Waals surface area contributed by atoms with E-state index in [-0.39, 0.29) is 17.4 Å². The Labute approximate surface area is 123 Å². The van der Waals surface area contributed by atoms with Crippen LogP contribution in [0.15, 0.2) is 18.2 Å². The molecule has 0 heterocycles. The number of ether oxygens (including phenoxy) is 3. The fourth-order valence-corrected chi connectivity index (χ4v) is 1.72. The highest BCUT2D eigenvalue weighted by atomic mass is 16.6. The first-order valence-corrected chi connectivity index (χ1v) is 6.60. The summed E-state index contributed by atoms with van der Waals surface area (Å²) in [5, 5.41) is 10.9. The molecule has 1 aromatic carbocycles. The Morgan fingerprint density at radius 2 is 2.00 bits per heavy atom. The maximum atomic E-state index is 10.9. The predicted molar refractivity (Wildman–Crippen MR) is 75.6 cm³/mol. The lowest BCUT2D eigenvalue weighted by atomic mass is 10.2. The van der Waals surface area contributed by atoms with E-state index >= 15 is 0 Å². The molecule has 0 unspecified atom stereocenters. The van der Waals surface area contributed by atoms with Crippen LogP contribution < -0.4 is 9.47 Å². The summed E-state index contributed by atoms with van der Waals surface area (Å²) in [6, 6.07) is 4.36. The molecule has 116 valence electrons. The summed E-state index contributed by atoms with van der Waals surface area (Å²) in [5.74, 6) is 0.452. The zero-order valence-corrected chi connectivity index (χ0v) is 12.2. The van der Waals surface area contributed by atoms with Crippen LogP contribution in [0.25, 0.3) is 0 Å². The molecule has 0 fully saturated rings. The van der Waals surface area contributed by atoms with Gasteiger partial charge in [-0.05, 0) is 25.3 Å². The van der Waals surface area contributed by atoms with E-state index in [4.69, 9.17) is 9.47 Å². The highest BCUT2D eigenvalue weighted by Gasteiger charge is 2.15. The number of rotatable bonds is 9. The Morgan fingerprint density at radius 1 is 1.24 bits per heavy atom. The van der Waals surface area contributed by atoms with Crippen molar-refractivity contribution in [3.8, 4) is 11.5 Å². The molecule has 0 aliphatic rings. The summed E-state index contributed by atoms with van der Waals surface area (Å²) >= 11 is 0. The monoisotopic (exact) mass is 297 g/mol. The number of hydrogen-bond acceptors (Lipinski definition) is 6. The number of unbranched alkanes of at least 4 members (excludes halogenated alkanes) is 2. The topological polar surface area (TPSA) is 87.9 Å². The molecule has 0 aliphatic heterocycles. The van der Waals surface area contributed by atoms with Crippen molar-refractivity contribution < 1.29 is 23.9 Å². The van der Waals surface area contributed by atoms with E-state index in [1.54, 1.807) is 0 Å². The molecule has 0 atom stereocenters. The van der Waals surface area contributed by atoms with Crippen LogP contribution in [0.2, 0.25) is 0 Å². The van der Waals surface area contributed by atoms with Gasteiger partial charge in [-0.2, -0.15) is 0 Å². The SMILES string of the molecule is COC(=O)CCCCCOc1cc(OC)ccc1[N+](=O)[O-]. The van der Waals surface area contributed by atoms with Crippen LogP contribution in [0.5, 0.6) is 11.5 Å². The zero-order chi connectivity index (χ0) is 15.7. The molecule has 0 N–H and O–H groups in total. The number of nitro groups is 1. The van der Waals surface area contributed by atoms with Gasteiger partial charge in [0.05, 0.1) is 25.7 Å². The number of nitrogens with zero attached hydrogens (tertiary/aromatic N) is 1. The lowest BCUT2D eigenvalue weighted by molar-refractivity contribution is -0.385. The van der Waals surface area contributed by atoms with E-state index in [2.05, 4.69) is 4.74 Å². The molecular formula is C14H19NO6. The first-order valence-electron chi connectivity index (χ1n) is 6.60. The van der Waals surface area contributed by atoms with E-state index < -0.39 is 4.92 Å². The molecule has 0 aliphatic carbocycles. The predicted octanol–water partition coefficient (Wildman–Crippen LogP) is 2.72. The van der Waals surface area contributed by atoms with Crippen molar-refractivity contribution >= 4 is 11.7 Å². The maximum Gasteiger partial charge on any atom is 0.311 e. The van der Waals surface area contributed by atoms with Crippen LogP contribution in [0.3, 0.4) is 0 Å². The first kappa shape index (κ1) is 16.7. The zero-order valence-electron chi connectivity index (χ0n) is 12.2. The van der Waals surface area contributed by atoms with E-state index in [1.807, 2.05) is 0 Å². The van der Waals surface area contributed by atoms with E-state index in [1.165, 1.54) is 32.4 Å². The number of carbonyl (C=O) groups is 1. The molecule has 1 rings (SSSR count). The fourth-order valence-electron chi connectivity index (χ4n) is 1.72. The van der Waals surface area contributed by atoms with Gasteiger partial charge in [0, 0.05) is 18.6 Å². The van der Waals surface area contributed by atoms with Crippen LogP contribution in [0.1, 0.15) is 25.7 Å². The minimum Gasteiger partial charge on any atom is -0.497 e. The summed E-state index contributed by atoms with van der Waals surface area (Å²) in [7, 11) is 2.84. The van der Waals surface area contributed by atoms with E-state index in [0.717, 1.165) is 6.42 Å². The van der Waals surface area contributed by atoms with Gasteiger partial charge in [-0.25, -0.2) is 0 Å². The molecule has 7 nitrogen and oxygen atoms in total. The molecule has 21 heavy (non-hydrogen) atoms. The smallest absolute Gasteiger partial charge is 0.311 e. The van der Waals surface area contributed by atoms with E-state index in [9.17, 15) is 14.9 Å². The fraction of sp³-hybridized carbons (Fsp3) is 0.500. The average molecular weight is 297 g/mol. The van der Waals surface area contributed by atoms with Gasteiger partial charge in [0.2, 0.25) is 5.75 Å². The lowest BCUT2D eigenvalue weighted by Crippen LogP contribution is -2.03. The van der Waals surface area contributed by atoms with Gasteiger partial charge in [0.1, 0.15) is 5.75 Å². The first-order chi connectivity index (χ1) is 10.1. The maximum absolute atomic E-state index is 10.9. The molecule has 0 amide bonds. The third-order valence-electron chi connectivity index (χ3n) is 2.87. The molecular weight excluding hydrogens is 278 g/mol. The number of methoxy groups -OCH3 is 2. The van der Waals surface area contributed by atoms with Gasteiger partial charge >= 0.3 is 11.7 Å². The second kappa shape index (κ2) is 8.78. The van der Waals surface area contributed by atoms with Crippen molar-refractivity contribution in [3.05, 3.63) is 28.3 Å². The van der Waals surface area contributed by atoms with Crippen molar-refractivity contribution in [3.63, 3.8) is 0 Å². The Bertz CT molecular complexity index is 488. The van der Waals surface area contributed by atoms with Gasteiger partial charge in [-0.15, -0.1) is 0 Å². The summed E-state index contributed by atoms with van der Waals surface area (Å²) < 4.78 is 15.0. The second-order valence-corrected chi connectivity index (χ2v) is 4.33. The summed E-state index contributed by atoms with van der Waals surface area (Å²) in [6.07, 6.45) is 2.56. The third-order valence-corrected chi connectivity index (χ3v) is 2.87. The Balaban J connectivity index is 2.43. The van der Waals surface area contributed by atoms with Crippen LogP contribution in [-0.4, -0.2) is 31.7 Å². The second-order valence-electron chi connectivity index (χ2n) is 4.33. The van der Waals surface area contributed by atoms with Gasteiger partial charge in [-0.1, -0.05) is 0 Å². The summed E-state index contributed by atoms with van der Waals surface area (Å²) in [4.78, 5) is 21.3. The molecule has 0 radical (unpaired) electrons. The van der Waals surface area contributed by atoms with Crippen molar-refractivity contribution in [2.75, 3.05) is 20.8 Å². The van der Waals surface area contributed by atoms with Gasteiger partial charge in [0.25, 0.3) is 0 Å². The number of nitro benzene ring substituents is 1. The normalized spacial score (nSPS) is 10.0. The van der Waals surface area contributed by atoms with E-state index in [0.29, 0.717) is 31.6 Å². The Hall–Kier alpha value is -2.31.